The molecule has 128 valence electrons. The van der Waals surface area contributed by atoms with E-state index in [4.69, 9.17) is 16.3 Å². The maximum Gasteiger partial charge on any atom is 0.277 e. The fraction of sp³-hybridized carbons (Fsp3) is 0.200. The van der Waals surface area contributed by atoms with Crippen LogP contribution in [0.25, 0.3) is 5.57 Å². The Morgan fingerprint density at radius 3 is 2.44 bits per heavy atom. The Balaban J connectivity index is 1.94. The van der Waals surface area contributed by atoms with Gasteiger partial charge in [0.2, 0.25) is 0 Å². The molecule has 0 saturated carbocycles. The highest BCUT2D eigenvalue weighted by Crippen LogP contribution is 2.35. The summed E-state index contributed by atoms with van der Waals surface area (Å²) in [6, 6.07) is 14.3. The summed E-state index contributed by atoms with van der Waals surface area (Å²) in [5.74, 6) is -0.332. The van der Waals surface area contributed by atoms with Crippen molar-refractivity contribution in [3.8, 4) is 5.75 Å². The molecule has 0 aromatic heterocycles. The van der Waals surface area contributed by atoms with Crippen molar-refractivity contribution in [3.05, 3.63) is 64.7 Å². The molecular formula is C20H18ClNO3. The molecule has 1 aliphatic heterocycles. The van der Waals surface area contributed by atoms with Crippen LogP contribution in [0.2, 0.25) is 0 Å². The van der Waals surface area contributed by atoms with Crippen molar-refractivity contribution in [1.82, 2.24) is 0 Å². The van der Waals surface area contributed by atoms with E-state index in [0.717, 1.165) is 16.9 Å². The van der Waals surface area contributed by atoms with Crippen LogP contribution in [0, 0.1) is 6.92 Å². The maximum absolute atomic E-state index is 12.9. The molecule has 0 spiro atoms. The van der Waals surface area contributed by atoms with Gasteiger partial charge < -0.3 is 4.74 Å². The molecular weight excluding hydrogens is 338 g/mol. The Morgan fingerprint density at radius 1 is 1.04 bits per heavy atom. The van der Waals surface area contributed by atoms with E-state index >= 15 is 0 Å². The third-order valence-electron chi connectivity index (χ3n) is 3.92. The maximum atomic E-state index is 12.9. The first-order chi connectivity index (χ1) is 12.0. The van der Waals surface area contributed by atoms with Gasteiger partial charge in [-0.3, -0.25) is 9.59 Å². The first kappa shape index (κ1) is 17.2. The van der Waals surface area contributed by atoms with Crippen LogP contribution in [-0.2, 0) is 9.59 Å². The number of hydrogen-bond donors (Lipinski definition) is 0. The summed E-state index contributed by atoms with van der Waals surface area (Å²) >= 11 is 6.20. The predicted octanol–water partition coefficient (Wildman–Crippen LogP) is 4.31. The van der Waals surface area contributed by atoms with Gasteiger partial charge in [0.15, 0.2) is 0 Å². The first-order valence-electron chi connectivity index (χ1n) is 8.11. The summed E-state index contributed by atoms with van der Waals surface area (Å²) in [5, 5.41) is -0.0614. The normalized spacial score (nSPS) is 14.4. The Hall–Kier alpha value is -2.59. The molecule has 0 bridgehead atoms. The molecule has 0 radical (unpaired) electrons. The minimum atomic E-state index is -0.519. The molecule has 3 rings (SSSR count). The quantitative estimate of drug-likeness (QED) is 0.751. The highest BCUT2D eigenvalue weighted by molar-refractivity contribution is 6.60. The van der Waals surface area contributed by atoms with E-state index in [0.29, 0.717) is 23.6 Å². The average molecular weight is 356 g/mol. The number of carbonyl (C=O) groups excluding carboxylic acids is 2. The molecule has 0 fully saturated rings. The molecule has 0 unspecified atom stereocenters. The lowest BCUT2D eigenvalue weighted by Gasteiger charge is -2.16. The van der Waals surface area contributed by atoms with Gasteiger partial charge in [-0.2, -0.15) is 0 Å². The summed E-state index contributed by atoms with van der Waals surface area (Å²) < 4.78 is 5.58. The van der Waals surface area contributed by atoms with Gasteiger partial charge in [0, 0.05) is 6.07 Å². The Bertz CT molecular complexity index is 855. The fourth-order valence-electron chi connectivity index (χ4n) is 2.64. The van der Waals surface area contributed by atoms with E-state index in [1.54, 1.807) is 36.4 Å². The number of carbonyl (C=O) groups is 2. The van der Waals surface area contributed by atoms with Gasteiger partial charge in [-0.1, -0.05) is 54.4 Å². The second-order valence-corrected chi connectivity index (χ2v) is 6.22. The molecule has 4 nitrogen and oxygen atoms in total. The van der Waals surface area contributed by atoms with E-state index in [9.17, 15) is 9.59 Å². The van der Waals surface area contributed by atoms with Crippen LogP contribution in [0.3, 0.4) is 0 Å². The van der Waals surface area contributed by atoms with Crippen molar-refractivity contribution >= 4 is 34.7 Å². The number of hydrogen-bond acceptors (Lipinski definition) is 3. The van der Waals surface area contributed by atoms with Crippen LogP contribution in [0.4, 0.5) is 5.69 Å². The molecule has 0 saturated heterocycles. The molecule has 2 aromatic rings. The third kappa shape index (κ3) is 3.30. The van der Waals surface area contributed by atoms with E-state index in [1.165, 1.54) is 0 Å². The molecule has 0 aliphatic carbocycles. The monoisotopic (exact) mass is 355 g/mol. The van der Waals surface area contributed by atoms with Crippen LogP contribution in [-0.4, -0.2) is 18.4 Å². The average Bonchev–Trinajstić information content (AvgIpc) is 2.83. The van der Waals surface area contributed by atoms with Gasteiger partial charge in [-0.05, 0) is 31.0 Å². The van der Waals surface area contributed by atoms with Gasteiger partial charge >= 0.3 is 0 Å². The summed E-state index contributed by atoms with van der Waals surface area (Å²) in [4.78, 5) is 26.5. The van der Waals surface area contributed by atoms with Crippen LogP contribution in [0.5, 0.6) is 5.75 Å². The van der Waals surface area contributed by atoms with Gasteiger partial charge in [0.25, 0.3) is 11.8 Å². The van der Waals surface area contributed by atoms with Crippen LogP contribution in [0.1, 0.15) is 24.5 Å². The van der Waals surface area contributed by atoms with Gasteiger partial charge in [-0.25, -0.2) is 4.90 Å². The van der Waals surface area contributed by atoms with E-state index < -0.39 is 11.8 Å². The summed E-state index contributed by atoms with van der Waals surface area (Å²) in [5.41, 5.74) is 2.38. The smallest absolute Gasteiger partial charge is 0.277 e. The number of benzene rings is 2. The Morgan fingerprint density at radius 2 is 1.76 bits per heavy atom. The van der Waals surface area contributed by atoms with E-state index in [1.807, 2.05) is 26.0 Å². The lowest BCUT2D eigenvalue weighted by atomic mass is 10.0. The zero-order valence-corrected chi connectivity index (χ0v) is 14.8. The van der Waals surface area contributed by atoms with Crippen molar-refractivity contribution in [2.45, 2.75) is 20.3 Å². The second-order valence-electron chi connectivity index (χ2n) is 5.85. The lowest BCUT2D eigenvalue weighted by Crippen LogP contribution is -2.31. The van der Waals surface area contributed by atoms with Crippen molar-refractivity contribution in [3.63, 3.8) is 0 Å². The number of ether oxygens (including phenoxy) is 1. The standard InChI is InChI=1S/C20H18ClNO3/c1-3-11-25-16-6-4-5-15(12-16)22-19(23)17(18(21)20(22)24)14-9-7-13(2)8-10-14/h4-10,12H,3,11H2,1-2H3. The minimum Gasteiger partial charge on any atom is -0.494 e. The van der Waals surface area contributed by atoms with Crippen LogP contribution < -0.4 is 9.64 Å². The van der Waals surface area contributed by atoms with Crippen molar-refractivity contribution in [2.24, 2.45) is 0 Å². The zero-order chi connectivity index (χ0) is 18.0. The topological polar surface area (TPSA) is 46.6 Å². The molecule has 5 heteroatoms. The van der Waals surface area contributed by atoms with Crippen molar-refractivity contribution < 1.29 is 14.3 Å². The minimum absolute atomic E-state index is 0.0614. The Labute approximate surface area is 151 Å². The van der Waals surface area contributed by atoms with E-state index in [2.05, 4.69) is 0 Å². The zero-order valence-electron chi connectivity index (χ0n) is 14.1. The fourth-order valence-corrected chi connectivity index (χ4v) is 2.91. The highest BCUT2D eigenvalue weighted by atomic mass is 35.5. The largest absolute Gasteiger partial charge is 0.494 e. The number of anilines is 1. The number of amides is 2. The number of halogens is 1. The summed E-state index contributed by atoms with van der Waals surface area (Å²) in [7, 11) is 0. The Kier molecular flexibility index (Phi) is 4.91. The molecule has 1 aliphatic rings. The molecule has 2 amide bonds. The van der Waals surface area contributed by atoms with Gasteiger partial charge in [0.1, 0.15) is 10.8 Å². The third-order valence-corrected chi connectivity index (χ3v) is 4.27. The first-order valence-corrected chi connectivity index (χ1v) is 8.49. The molecule has 25 heavy (non-hydrogen) atoms. The summed E-state index contributed by atoms with van der Waals surface area (Å²) in [6.07, 6.45) is 0.872. The predicted molar refractivity (Wildman–Crippen MR) is 98.7 cm³/mol. The molecule has 2 aromatic carbocycles. The summed E-state index contributed by atoms with van der Waals surface area (Å²) in [6.45, 7) is 4.53. The van der Waals surface area contributed by atoms with Crippen LogP contribution >= 0.6 is 11.6 Å². The molecule has 1 heterocycles. The van der Waals surface area contributed by atoms with Gasteiger partial charge in [-0.15, -0.1) is 0 Å². The number of imide groups is 1. The number of nitrogens with zero attached hydrogens (tertiary/aromatic N) is 1. The molecule has 0 N–H and O–H groups in total. The lowest BCUT2D eigenvalue weighted by molar-refractivity contribution is -0.119. The molecule has 0 atom stereocenters. The second kappa shape index (κ2) is 7.11. The van der Waals surface area contributed by atoms with Crippen LogP contribution in [0.15, 0.2) is 53.6 Å². The van der Waals surface area contributed by atoms with E-state index in [-0.39, 0.29) is 10.6 Å². The number of rotatable bonds is 5. The van der Waals surface area contributed by atoms with Crippen molar-refractivity contribution in [2.75, 3.05) is 11.5 Å². The van der Waals surface area contributed by atoms with Crippen molar-refractivity contribution in [1.29, 1.82) is 0 Å². The van der Waals surface area contributed by atoms with Gasteiger partial charge in [0.05, 0.1) is 17.9 Å². The number of aryl methyl sites for hydroxylation is 1. The highest BCUT2D eigenvalue weighted by Gasteiger charge is 2.39. The SMILES string of the molecule is CCCOc1cccc(N2C(=O)C(Cl)=C(c3ccc(C)cc3)C2=O)c1.